The standard InChI is InChI=1S/C12H21N3O2/c1-9(2)14-12(16)8-15(3)10(7-13)11-5-4-6-17-11/h4-6,9-10H,7-8,13H2,1-3H3,(H,14,16). The number of furan rings is 1. The lowest BCUT2D eigenvalue weighted by Crippen LogP contribution is -2.41. The van der Waals surface area contributed by atoms with Crippen molar-refractivity contribution >= 4 is 5.91 Å². The number of nitrogens with one attached hydrogen (secondary N) is 1. The molecule has 3 N–H and O–H groups in total. The molecule has 0 aromatic carbocycles. The van der Waals surface area contributed by atoms with Gasteiger partial charge in [0.05, 0.1) is 18.8 Å². The number of likely N-dealkylation sites (N-methyl/N-ethyl adjacent to an activating group) is 1. The first-order valence-electron chi connectivity index (χ1n) is 5.77. The van der Waals surface area contributed by atoms with Crippen molar-refractivity contribution in [1.82, 2.24) is 10.2 Å². The molecular formula is C12H21N3O2. The molecule has 1 aromatic rings. The Balaban J connectivity index is 2.55. The van der Waals surface area contributed by atoms with Crippen LogP contribution in [0.15, 0.2) is 22.8 Å². The summed E-state index contributed by atoms with van der Waals surface area (Å²) in [5, 5.41) is 2.85. The average molecular weight is 239 g/mol. The highest BCUT2D eigenvalue weighted by atomic mass is 16.3. The van der Waals surface area contributed by atoms with E-state index in [1.165, 1.54) is 0 Å². The van der Waals surface area contributed by atoms with Crippen LogP contribution < -0.4 is 11.1 Å². The van der Waals surface area contributed by atoms with Gasteiger partial charge in [0.15, 0.2) is 0 Å². The van der Waals surface area contributed by atoms with Gasteiger partial charge in [-0.1, -0.05) is 0 Å². The van der Waals surface area contributed by atoms with Crippen LogP contribution in [-0.2, 0) is 4.79 Å². The molecule has 0 radical (unpaired) electrons. The fraction of sp³-hybridized carbons (Fsp3) is 0.583. The maximum absolute atomic E-state index is 11.6. The normalized spacial score (nSPS) is 13.1. The maximum Gasteiger partial charge on any atom is 0.234 e. The van der Waals surface area contributed by atoms with E-state index in [2.05, 4.69) is 5.32 Å². The van der Waals surface area contributed by atoms with Crippen molar-refractivity contribution in [2.24, 2.45) is 5.73 Å². The molecule has 1 aromatic heterocycles. The second kappa shape index (κ2) is 6.42. The van der Waals surface area contributed by atoms with E-state index in [-0.39, 0.29) is 18.0 Å². The van der Waals surface area contributed by atoms with E-state index in [0.717, 1.165) is 5.76 Å². The first-order chi connectivity index (χ1) is 8.04. The molecule has 17 heavy (non-hydrogen) atoms. The predicted octanol–water partition coefficient (Wildman–Crippen LogP) is 0.736. The van der Waals surface area contributed by atoms with Gasteiger partial charge in [-0.15, -0.1) is 0 Å². The number of nitrogens with two attached hydrogens (primary N) is 1. The molecule has 0 aliphatic carbocycles. The quantitative estimate of drug-likeness (QED) is 0.768. The molecule has 0 spiro atoms. The zero-order valence-electron chi connectivity index (χ0n) is 10.6. The second-order valence-electron chi connectivity index (χ2n) is 4.40. The van der Waals surface area contributed by atoms with E-state index in [0.29, 0.717) is 13.1 Å². The Hall–Kier alpha value is -1.33. The summed E-state index contributed by atoms with van der Waals surface area (Å²) in [5.41, 5.74) is 5.71. The highest BCUT2D eigenvalue weighted by Gasteiger charge is 2.20. The number of rotatable bonds is 6. The van der Waals surface area contributed by atoms with Gasteiger partial charge in [-0.25, -0.2) is 0 Å². The summed E-state index contributed by atoms with van der Waals surface area (Å²) in [6, 6.07) is 3.77. The number of carbonyl (C=O) groups excluding carboxylic acids is 1. The predicted molar refractivity (Wildman–Crippen MR) is 66.4 cm³/mol. The van der Waals surface area contributed by atoms with Crippen LogP contribution in [-0.4, -0.2) is 37.0 Å². The van der Waals surface area contributed by atoms with Gasteiger partial charge >= 0.3 is 0 Å². The molecule has 1 unspecified atom stereocenters. The molecule has 0 bridgehead atoms. The maximum atomic E-state index is 11.6. The number of hydrogen-bond donors (Lipinski definition) is 2. The Labute approximate surface area is 102 Å². The van der Waals surface area contributed by atoms with Crippen LogP contribution >= 0.6 is 0 Å². The molecule has 0 fully saturated rings. The van der Waals surface area contributed by atoms with E-state index >= 15 is 0 Å². The van der Waals surface area contributed by atoms with Crippen LogP contribution in [0.4, 0.5) is 0 Å². The largest absolute Gasteiger partial charge is 0.468 e. The van der Waals surface area contributed by atoms with Gasteiger partial charge in [-0.3, -0.25) is 9.69 Å². The van der Waals surface area contributed by atoms with Gasteiger partial charge in [0.2, 0.25) is 5.91 Å². The lowest BCUT2D eigenvalue weighted by Gasteiger charge is -2.25. The summed E-state index contributed by atoms with van der Waals surface area (Å²) in [5.74, 6) is 0.778. The van der Waals surface area contributed by atoms with Crippen molar-refractivity contribution in [3.63, 3.8) is 0 Å². The van der Waals surface area contributed by atoms with Gasteiger partial charge < -0.3 is 15.5 Å². The Kier molecular flexibility index (Phi) is 5.18. The van der Waals surface area contributed by atoms with Gasteiger partial charge in [-0.2, -0.15) is 0 Å². The number of hydrogen-bond acceptors (Lipinski definition) is 4. The van der Waals surface area contributed by atoms with E-state index in [1.807, 2.05) is 37.9 Å². The fourth-order valence-electron chi connectivity index (χ4n) is 1.70. The molecule has 5 heteroatoms. The summed E-state index contributed by atoms with van der Waals surface area (Å²) in [4.78, 5) is 13.5. The van der Waals surface area contributed by atoms with Gasteiger partial charge in [0.25, 0.3) is 0 Å². The minimum atomic E-state index is -0.0667. The molecule has 0 aliphatic heterocycles. The number of nitrogens with zero attached hydrogens (tertiary/aromatic N) is 1. The molecule has 1 atom stereocenters. The van der Waals surface area contributed by atoms with Crippen LogP contribution in [0, 0.1) is 0 Å². The smallest absolute Gasteiger partial charge is 0.234 e. The molecule has 1 amide bonds. The third-order valence-corrected chi connectivity index (χ3v) is 2.47. The Morgan fingerprint density at radius 3 is 2.76 bits per heavy atom. The Morgan fingerprint density at radius 1 is 1.59 bits per heavy atom. The number of carbonyl (C=O) groups is 1. The molecule has 1 rings (SSSR count). The van der Waals surface area contributed by atoms with Crippen molar-refractivity contribution in [3.8, 4) is 0 Å². The van der Waals surface area contributed by atoms with Crippen molar-refractivity contribution in [2.75, 3.05) is 20.1 Å². The lowest BCUT2D eigenvalue weighted by molar-refractivity contribution is -0.123. The minimum Gasteiger partial charge on any atom is -0.468 e. The van der Waals surface area contributed by atoms with Crippen LogP contribution in [0.3, 0.4) is 0 Å². The molecule has 0 saturated carbocycles. The first kappa shape index (κ1) is 13.7. The summed E-state index contributed by atoms with van der Waals surface area (Å²) in [6.07, 6.45) is 1.61. The summed E-state index contributed by atoms with van der Waals surface area (Å²) in [7, 11) is 1.86. The minimum absolute atomic E-state index is 0.00694. The zero-order valence-corrected chi connectivity index (χ0v) is 10.6. The van der Waals surface area contributed by atoms with Crippen LogP contribution in [0.25, 0.3) is 0 Å². The lowest BCUT2D eigenvalue weighted by atomic mass is 10.2. The molecule has 5 nitrogen and oxygen atoms in total. The van der Waals surface area contributed by atoms with Gasteiger partial charge in [-0.05, 0) is 33.0 Å². The van der Waals surface area contributed by atoms with E-state index < -0.39 is 0 Å². The Bertz CT molecular complexity index is 336. The third-order valence-electron chi connectivity index (χ3n) is 2.47. The highest BCUT2D eigenvalue weighted by molar-refractivity contribution is 5.78. The highest BCUT2D eigenvalue weighted by Crippen LogP contribution is 2.17. The molecule has 0 aliphatic rings. The van der Waals surface area contributed by atoms with Crippen molar-refractivity contribution in [2.45, 2.75) is 25.9 Å². The van der Waals surface area contributed by atoms with Crippen LogP contribution in [0.2, 0.25) is 0 Å². The monoisotopic (exact) mass is 239 g/mol. The van der Waals surface area contributed by atoms with Crippen molar-refractivity contribution < 1.29 is 9.21 Å². The number of amides is 1. The molecule has 0 saturated heterocycles. The van der Waals surface area contributed by atoms with E-state index in [1.54, 1.807) is 6.26 Å². The summed E-state index contributed by atoms with van der Waals surface area (Å²) in [6.45, 7) is 4.59. The van der Waals surface area contributed by atoms with E-state index in [4.69, 9.17) is 10.2 Å². The molecule has 1 heterocycles. The van der Waals surface area contributed by atoms with E-state index in [9.17, 15) is 4.79 Å². The van der Waals surface area contributed by atoms with Crippen molar-refractivity contribution in [3.05, 3.63) is 24.2 Å². The van der Waals surface area contributed by atoms with Crippen molar-refractivity contribution in [1.29, 1.82) is 0 Å². The zero-order chi connectivity index (χ0) is 12.8. The van der Waals surface area contributed by atoms with Crippen LogP contribution in [0.5, 0.6) is 0 Å². The fourth-order valence-corrected chi connectivity index (χ4v) is 1.70. The molecular weight excluding hydrogens is 218 g/mol. The SMILES string of the molecule is CC(C)NC(=O)CN(C)C(CN)c1ccco1. The summed E-state index contributed by atoms with van der Waals surface area (Å²) >= 11 is 0. The van der Waals surface area contributed by atoms with Crippen LogP contribution in [0.1, 0.15) is 25.6 Å². The summed E-state index contributed by atoms with van der Waals surface area (Å²) < 4.78 is 5.32. The topological polar surface area (TPSA) is 71.5 Å². The first-order valence-corrected chi connectivity index (χ1v) is 5.77. The second-order valence-corrected chi connectivity index (χ2v) is 4.40. The van der Waals surface area contributed by atoms with Gasteiger partial charge in [0.1, 0.15) is 5.76 Å². The molecule has 96 valence electrons. The Morgan fingerprint density at radius 2 is 2.29 bits per heavy atom. The average Bonchev–Trinajstić information content (AvgIpc) is 2.70. The third kappa shape index (κ3) is 4.20. The van der Waals surface area contributed by atoms with Gasteiger partial charge in [0, 0.05) is 12.6 Å².